The van der Waals surface area contributed by atoms with Crippen LogP contribution in [0.2, 0.25) is 0 Å². The van der Waals surface area contributed by atoms with Crippen molar-refractivity contribution >= 4 is 33.2 Å². The second-order valence-electron chi connectivity index (χ2n) is 3.04. The molecule has 0 spiro atoms. The van der Waals surface area contributed by atoms with Crippen molar-refractivity contribution in [3.05, 3.63) is 20.8 Å². The number of nitrogens with two attached hydrogens (primary N) is 1. The molecule has 0 bridgehead atoms. The van der Waals surface area contributed by atoms with Gasteiger partial charge in [-0.15, -0.1) is 11.3 Å². The van der Waals surface area contributed by atoms with Crippen LogP contribution in [0.5, 0.6) is 0 Å². The highest BCUT2D eigenvalue weighted by molar-refractivity contribution is 9.11. The summed E-state index contributed by atoms with van der Waals surface area (Å²) < 4.78 is 1.12. The number of thiophene rings is 1. The molecular weight excluding hydrogens is 264 g/mol. The molecular formula is C9H13BrN2OS. The molecule has 1 amide bonds. The number of hydrogen-bond acceptors (Lipinski definition) is 3. The Hall–Kier alpha value is -0.390. The third kappa shape index (κ3) is 3.77. The summed E-state index contributed by atoms with van der Waals surface area (Å²) in [5.41, 5.74) is 5.40. The quantitative estimate of drug-likeness (QED) is 0.876. The van der Waals surface area contributed by atoms with E-state index in [2.05, 4.69) is 21.2 Å². The first-order chi connectivity index (χ1) is 6.59. The SMILES string of the molecule is C[C@@H](N)C(=O)NCCc1ccc(Br)s1. The Labute approximate surface area is 95.8 Å². The topological polar surface area (TPSA) is 55.1 Å². The molecule has 0 radical (unpaired) electrons. The summed E-state index contributed by atoms with van der Waals surface area (Å²) in [7, 11) is 0. The zero-order valence-electron chi connectivity index (χ0n) is 7.92. The highest BCUT2D eigenvalue weighted by Gasteiger charge is 2.05. The third-order valence-electron chi connectivity index (χ3n) is 1.71. The second kappa shape index (κ2) is 5.48. The van der Waals surface area contributed by atoms with Crippen LogP contribution in [-0.4, -0.2) is 18.5 Å². The fourth-order valence-corrected chi connectivity index (χ4v) is 2.44. The van der Waals surface area contributed by atoms with E-state index in [1.54, 1.807) is 18.3 Å². The second-order valence-corrected chi connectivity index (χ2v) is 5.58. The Balaban J connectivity index is 2.25. The molecule has 3 N–H and O–H groups in total. The highest BCUT2D eigenvalue weighted by Crippen LogP contribution is 2.21. The maximum absolute atomic E-state index is 11.1. The van der Waals surface area contributed by atoms with Crippen molar-refractivity contribution in [2.75, 3.05) is 6.54 Å². The number of hydrogen-bond donors (Lipinski definition) is 2. The van der Waals surface area contributed by atoms with Gasteiger partial charge in [0.25, 0.3) is 0 Å². The minimum atomic E-state index is -0.426. The molecule has 5 heteroatoms. The minimum Gasteiger partial charge on any atom is -0.354 e. The van der Waals surface area contributed by atoms with Gasteiger partial charge in [-0.2, -0.15) is 0 Å². The van der Waals surface area contributed by atoms with Gasteiger partial charge in [0.2, 0.25) is 5.91 Å². The molecule has 78 valence electrons. The van der Waals surface area contributed by atoms with Gasteiger partial charge < -0.3 is 11.1 Å². The average molecular weight is 277 g/mol. The normalized spacial score (nSPS) is 12.5. The van der Waals surface area contributed by atoms with Gasteiger partial charge in [0.05, 0.1) is 9.83 Å². The van der Waals surface area contributed by atoms with Crippen molar-refractivity contribution in [2.45, 2.75) is 19.4 Å². The van der Waals surface area contributed by atoms with E-state index in [1.807, 2.05) is 12.1 Å². The fourth-order valence-electron chi connectivity index (χ4n) is 0.956. The molecule has 1 atom stereocenters. The standard InChI is InChI=1S/C9H13BrN2OS/c1-6(11)9(13)12-5-4-7-2-3-8(10)14-7/h2-3,6H,4-5,11H2,1H3,(H,12,13)/t6-/m1/s1. The first-order valence-corrected chi connectivity index (χ1v) is 5.98. The van der Waals surface area contributed by atoms with Crippen LogP contribution in [0, 0.1) is 0 Å². The Morgan fingerprint density at radius 2 is 2.43 bits per heavy atom. The summed E-state index contributed by atoms with van der Waals surface area (Å²) in [6, 6.07) is 3.63. The maximum atomic E-state index is 11.1. The first-order valence-electron chi connectivity index (χ1n) is 4.37. The predicted molar refractivity (Wildman–Crippen MR) is 62.4 cm³/mol. The van der Waals surface area contributed by atoms with Crippen molar-refractivity contribution in [3.63, 3.8) is 0 Å². The van der Waals surface area contributed by atoms with Crippen LogP contribution >= 0.6 is 27.3 Å². The molecule has 0 aliphatic rings. The molecule has 14 heavy (non-hydrogen) atoms. The van der Waals surface area contributed by atoms with Gasteiger partial charge in [-0.1, -0.05) is 0 Å². The van der Waals surface area contributed by atoms with Gasteiger partial charge in [0.1, 0.15) is 0 Å². The molecule has 0 unspecified atom stereocenters. The van der Waals surface area contributed by atoms with Gasteiger partial charge in [-0.3, -0.25) is 4.79 Å². The number of amides is 1. The van der Waals surface area contributed by atoms with Gasteiger partial charge in [-0.05, 0) is 41.4 Å². The highest BCUT2D eigenvalue weighted by atomic mass is 79.9. The molecule has 0 aliphatic carbocycles. The number of carbonyl (C=O) groups is 1. The Morgan fingerprint density at radius 3 is 2.93 bits per heavy atom. The average Bonchev–Trinajstić information content (AvgIpc) is 2.51. The zero-order chi connectivity index (χ0) is 10.6. The number of nitrogens with one attached hydrogen (secondary N) is 1. The summed E-state index contributed by atoms with van der Waals surface area (Å²) >= 11 is 5.07. The lowest BCUT2D eigenvalue weighted by Gasteiger charge is -2.06. The predicted octanol–water partition coefficient (Wildman–Crippen LogP) is 1.52. The maximum Gasteiger partial charge on any atom is 0.236 e. The minimum absolute atomic E-state index is 0.0966. The Bertz CT molecular complexity index is 312. The zero-order valence-corrected chi connectivity index (χ0v) is 10.3. The van der Waals surface area contributed by atoms with Crippen LogP contribution in [0.25, 0.3) is 0 Å². The molecule has 1 rings (SSSR count). The molecule has 0 fully saturated rings. The fraction of sp³-hybridized carbons (Fsp3) is 0.444. The van der Waals surface area contributed by atoms with E-state index in [-0.39, 0.29) is 5.91 Å². The molecule has 3 nitrogen and oxygen atoms in total. The molecule has 0 saturated heterocycles. The number of halogens is 1. The molecule has 1 heterocycles. The van der Waals surface area contributed by atoms with Crippen molar-refractivity contribution in [1.82, 2.24) is 5.32 Å². The van der Waals surface area contributed by atoms with Gasteiger partial charge in [-0.25, -0.2) is 0 Å². The smallest absolute Gasteiger partial charge is 0.236 e. The first kappa shape index (κ1) is 11.7. The van der Waals surface area contributed by atoms with Crippen molar-refractivity contribution in [1.29, 1.82) is 0 Å². The lowest BCUT2D eigenvalue weighted by molar-refractivity contribution is -0.121. The van der Waals surface area contributed by atoms with Crippen LogP contribution in [0.4, 0.5) is 0 Å². The van der Waals surface area contributed by atoms with Gasteiger partial charge in [0.15, 0.2) is 0 Å². The summed E-state index contributed by atoms with van der Waals surface area (Å²) in [4.78, 5) is 12.3. The summed E-state index contributed by atoms with van der Waals surface area (Å²) in [6.45, 7) is 2.32. The number of rotatable bonds is 4. The van der Waals surface area contributed by atoms with E-state index in [0.29, 0.717) is 6.54 Å². The van der Waals surface area contributed by atoms with E-state index in [1.165, 1.54) is 4.88 Å². The van der Waals surface area contributed by atoms with E-state index < -0.39 is 6.04 Å². The summed E-state index contributed by atoms with van der Waals surface area (Å²) in [5.74, 6) is -0.0966. The van der Waals surface area contributed by atoms with Crippen LogP contribution < -0.4 is 11.1 Å². The van der Waals surface area contributed by atoms with E-state index in [9.17, 15) is 4.79 Å². The monoisotopic (exact) mass is 276 g/mol. The van der Waals surface area contributed by atoms with E-state index in [4.69, 9.17) is 5.73 Å². The molecule has 0 aromatic carbocycles. The number of carbonyl (C=O) groups excluding carboxylic acids is 1. The summed E-state index contributed by atoms with van der Waals surface area (Å²) in [5, 5.41) is 2.77. The Kier molecular flexibility index (Phi) is 4.57. The van der Waals surface area contributed by atoms with Crippen LogP contribution in [-0.2, 0) is 11.2 Å². The van der Waals surface area contributed by atoms with Crippen LogP contribution in [0.3, 0.4) is 0 Å². The molecule has 0 aliphatic heterocycles. The van der Waals surface area contributed by atoms with Gasteiger partial charge in [0, 0.05) is 11.4 Å². The third-order valence-corrected chi connectivity index (χ3v) is 3.40. The van der Waals surface area contributed by atoms with Crippen LogP contribution in [0.15, 0.2) is 15.9 Å². The van der Waals surface area contributed by atoms with E-state index >= 15 is 0 Å². The lowest BCUT2D eigenvalue weighted by Crippen LogP contribution is -2.39. The lowest BCUT2D eigenvalue weighted by atomic mass is 10.3. The van der Waals surface area contributed by atoms with Crippen LogP contribution in [0.1, 0.15) is 11.8 Å². The van der Waals surface area contributed by atoms with Crippen molar-refractivity contribution < 1.29 is 4.79 Å². The molecule has 1 aromatic heterocycles. The van der Waals surface area contributed by atoms with Gasteiger partial charge >= 0.3 is 0 Å². The molecule has 1 aromatic rings. The van der Waals surface area contributed by atoms with Crippen molar-refractivity contribution in [2.24, 2.45) is 5.73 Å². The summed E-state index contributed by atoms with van der Waals surface area (Å²) in [6.07, 6.45) is 0.856. The largest absolute Gasteiger partial charge is 0.354 e. The van der Waals surface area contributed by atoms with Crippen molar-refractivity contribution in [3.8, 4) is 0 Å². The Morgan fingerprint density at radius 1 is 1.71 bits per heavy atom. The molecule has 0 saturated carbocycles. The van der Waals surface area contributed by atoms with E-state index in [0.717, 1.165) is 10.2 Å².